The summed E-state index contributed by atoms with van der Waals surface area (Å²) in [5.41, 5.74) is 2.95. The first kappa shape index (κ1) is 27.4. The van der Waals surface area contributed by atoms with Crippen molar-refractivity contribution < 1.29 is 28.9 Å². The van der Waals surface area contributed by atoms with Gasteiger partial charge in [-0.2, -0.15) is 0 Å². The smallest absolute Gasteiger partial charge is 0.300 e. The zero-order valence-electron chi connectivity index (χ0n) is 21.6. The molecule has 0 saturated carbocycles. The molecule has 0 aromatic heterocycles. The van der Waals surface area contributed by atoms with E-state index < -0.39 is 23.5 Å². The molecule has 1 heterocycles. The van der Waals surface area contributed by atoms with E-state index >= 15 is 0 Å². The Hall–Kier alpha value is -3.68. The fourth-order valence-corrected chi connectivity index (χ4v) is 5.08. The van der Waals surface area contributed by atoms with Crippen molar-refractivity contribution in [3.63, 3.8) is 0 Å². The monoisotopic (exact) mass is 555 g/mol. The number of aliphatic hydroxyl groups is 1. The minimum atomic E-state index is -0.996. The van der Waals surface area contributed by atoms with E-state index in [9.17, 15) is 14.7 Å². The number of nitrogens with zero attached hydrogens (tertiary/aromatic N) is 1. The average molecular weight is 556 g/mol. The highest BCUT2D eigenvalue weighted by Crippen LogP contribution is 2.46. The maximum absolute atomic E-state index is 13.6. The number of anilines is 1. The Labute approximate surface area is 231 Å². The number of amides is 1. The predicted octanol–water partition coefficient (Wildman–Crippen LogP) is 6.65. The normalized spacial score (nSPS) is 16.6. The lowest BCUT2D eigenvalue weighted by Crippen LogP contribution is -2.29. The molecular weight excluding hydrogens is 529 g/mol. The molecule has 9 heteroatoms. The number of aliphatic hydroxyl groups excluding tert-OH is 1. The average Bonchev–Trinajstić information content (AvgIpc) is 3.15. The molecule has 38 heavy (non-hydrogen) atoms. The van der Waals surface area contributed by atoms with Gasteiger partial charge in [0.2, 0.25) is 0 Å². The topological polar surface area (TPSA) is 85.3 Å². The van der Waals surface area contributed by atoms with Gasteiger partial charge in [-0.05, 0) is 73.9 Å². The molecule has 4 rings (SSSR count). The van der Waals surface area contributed by atoms with Crippen LogP contribution in [0.5, 0.6) is 17.2 Å². The van der Waals surface area contributed by atoms with E-state index in [0.29, 0.717) is 29.4 Å². The first-order chi connectivity index (χ1) is 18.1. The van der Waals surface area contributed by atoms with Gasteiger partial charge in [-0.25, -0.2) is 0 Å². The lowest BCUT2D eigenvalue weighted by atomic mass is 9.94. The third-order valence-corrected chi connectivity index (χ3v) is 6.98. The highest BCUT2D eigenvalue weighted by Gasteiger charge is 2.47. The van der Waals surface area contributed by atoms with Crippen molar-refractivity contribution in [1.82, 2.24) is 0 Å². The molecule has 0 aliphatic carbocycles. The minimum absolute atomic E-state index is 0.0895. The number of hydrogen-bond acceptors (Lipinski definition) is 6. The van der Waals surface area contributed by atoms with Crippen LogP contribution in [0.1, 0.15) is 35.2 Å². The molecule has 1 atom stereocenters. The first-order valence-corrected chi connectivity index (χ1v) is 12.6. The standard InChI is InChI=1S/C29H27Cl2NO6/c1-6-38-23-12-17(8-10-22(23)36-4)25-24(26(33)20-13-18(30)14-21(31)28(20)37-5)27(34)29(35)32(25)19-9-7-15(2)16(3)11-19/h7-14,25,33H,6H2,1-5H3/b26-24+. The number of ketones is 1. The molecule has 0 spiro atoms. The summed E-state index contributed by atoms with van der Waals surface area (Å²) < 4.78 is 16.6. The van der Waals surface area contributed by atoms with Crippen molar-refractivity contribution in [1.29, 1.82) is 0 Å². The summed E-state index contributed by atoms with van der Waals surface area (Å²) >= 11 is 12.5. The van der Waals surface area contributed by atoms with Crippen molar-refractivity contribution in [2.45, 2.75) is 26.8 Å². The Morgan fingerprint density at radius 1 is 0.947 bits per heavy atom. The van der Waals surface area contributed by atoms with E-state index in [4.69, 9.17) is 37.4 Å². The minimum Gasteiger partial charge on any atom is -0.507 e. The highest BCUT2D eigenvalue weighted by molar-refractivity contribution is 6.52. The van der Waals surface area contributed by atoms with E-state index in [2.05, 4.69) is 0 Å². The van der Waals surface area contributed by atoms with Crippen LogP contribution in [0.15, 0.2) is 54.1 Å². The Morgan fingerprint density at radius 3 is 2.32 bits per heavy atom. The highest BCUT2D eigenvalue weighted by atomic mass is 35.5. The number of ether oxygens (including phenoxy) is 3. The number of rotatable bonds is 7. The maximum atomic E-state index is 13.6. The molecule has 1 N–H and O–H groups in total. The number of hydrogen-bond donors (Lipinski definition) is 1. The summed E-state index contributed by atoms with van der Waals surface area (Å²) in [6.45, 7) is 6.08. The Bertz CT molecular complexity index is 1470. The van der Waals surface area contributed by atoms with Gasteiger partial charge < -0.3 is 19.3 Å². The molecule has 0 bridgehead atoms. The molecule has 1 saturated heterocycles. The second-order valence-electron chi connectivity index (χ2n) is 8.75. The van der Waals surface area contributed by atoms with Gasteiger partial charge in [-0.3, -0.25) is 14.5 Å². The second-order valence-corrected chi connectivity index (χ2v) is 9.59. The molecule has 1 amide bonds. The van der Waals surface area contributed by atoms with E-state index in [1.54, 1.807) is 24.3 Å². The fraction of sp³-hybridized carbons (Fsp3) is 0.241. The van der Waals surface area contributed by atoms with Crippen LogP contribution < -0.4 is 19.1 Å². The van der Waals surface area contributed by atoms with Crippen LogP contribution in [0.2, 0.25) is 10.0 Å². The molecule has 3 aromatic carbocycles. The summed E-state index contributed by atoms with van der Waals surface area (Å²) in [7, 11) is 2.91. The second kappa shape index (κ2) is 11.0. The van der Waals surface area contributed by atoms with Gasteiger partial charge in [0, 0.05) is 10.7 Å². The zero-order valence-corrected chi connectivity index (χ0v) is 23.1. The zero-order chi connectivity index (χ0) is 27.7. The van der Waals surface area contributed by atoms with Crippen molar-refractivity contribution in [2.24, 2.45) is 0 Å². The number of carbonyl (C=O) groups excluding carboxylic acids is 2. The van der Waals surface area contributed by atoms with Crippen LogP contribution in [0, 0.1) is 13.8 Å². The van der Waals surface area contributed by atoms with Gasteiger partial charge in [0.25, 0.3) is 11.7 Å². The van der Waals surface area contributed by atoms with Gasteiger partial charge in [0.05, 0.1) is 43.0 Å². The molecule has 0 radical (unpaired) electrons. The Kier molecular flexibility index (Phi) is 7.90. The number of aryl methyl sites for hydroxylation is 2. The third-order valence-electron chi connectivity index (χ3n) is 6.48. The predicted molar refractivity (Wildman–Crippen MR) is 148 cm³/mol. The van der Waals surface area contributed by atoms with Crippen molar-refractivity contribution >= 4 is 46.3 Å². The van der Waals surface area contributed by atoms with E-state index in [1.165, 1.54) is 31.3 Å². The van der Waals surface area contributed by atoms with Crippen LogP contribution in [0.3, 0.4) is 0 Å². The first-order valence-electron chi connectivity index (χ1n) is 11.8. The van der Waals surface area contributed by atoms with Gasteiger partial charge in [0.15, 0.2) is 11.5 Å². The fourth-order valence-electron chi connectivity index (χ4n) is 4.51. The van der Waals surface area contributed by atoms with E-state index in [0.717, 1.165) is 11.1 Å². The largest absolute Gasteiger partial charge is 0.507 e. The van der Waals surface area contributed by atoms with Crippen molar-refractivity contribution in [3.8, 4) is 17.2 Å². The quantitative estimate of drug-likeness (QED) is 0.199. The van der Waals surface area contributed by atoms with Crippen LogP contribution in [0.4, 0.5) is 5.69 Å². The van der Waals surface area contributed by atoms with E-state index in [1.807, 2.05) is 32.9 Å². The number of methoxy groups -OCH3 is 2. The molecular formula is C29H27Cl2NO6. The van der Waals surface area contributed by atoms with Gasteiger partial charge in [-0.15, -0.1) is 0 Å². The molecule has 7 nitrogen and oxygen atoms in total. The molecule has 3 aromatic rings. The Morgan fingerprint density at radius 2 is 1.68 bits per heavy atom. The number of benzene rings is 3. The summed E-state index contributed by atoms with van der Waals surface area (Å²) in [5, 5.41) is 11.9. The maximum Gasteiger partial charge on any atom is 0.300 e. The Balaban J connectivity index is 2.04. The van der Waals surface area contributed by atoms with Crippen LogP contribution in [-0.2, 0) is 9.59 Å². The van der Waals surface area contributed by atoms with Crippen LogP contribution in [-0.4, -0.2) is 37.6 Å². The van der Waals surface area contributed by atoms with E-state index in [-0.39, 0.29) is 26.9 Å². The number of carbonyl (C=O) groups is 2. The van der Waals surface area contributed by atoms with Crippen molar-refractivity contribution in [3.05, 3.63) is 86.4 Å². The summed E-state index contributed by atoms with van der Waals surface area (Å²) in [6.07, 6.45) is 0. The summed E-state index contributed by atoms with van der Waals surface area (Å²) in [5.74, 6) is -1.08. The molecule has 1 unspecified atom stereocenters. The van der Waals surface area contributed by atoms with Gasteiger partial charge in [-0.1, -0.05) is 35.3 Å². The van der Waals surface area contributed by atoms with Crippen molar-refractivity contribution in [2.75, 3.05) is 25.7 Å². The summed E-state index contributed by atoms with van der Waals surface area (Å²) in [6, 6.07) is 12.5. The number of halogens is 2. The molecule has 1 fully saturated rings. The number of Topliss-reactive ketones (excluding diaryl/α,β-unsaturated/α-hetero) is 1. The third kappa shape index (κ3) is 4.79. The molecule has 1 aliphatic heterocycles. The van der Waals surface area contributed by atoms with Gasteiger partial charge >= 0.3 is 0 Å². The SMILES string of the molecule is CCOc1cc(C2/C(=C(\O)c3cc(Cl)cc(Cl)c3OC)C(=O)C(=O)N2c2ccc(C)c(C)c2)ccc1OC. The molecule has 198 valence electrons. The van der Waals surface area contributed by atoms with Crippen LogP contribution >= 0.6 is 23.2 Å². The lowest BCUT2D eigenvalue weighted by molar-refractivity contribution is -0.132. The lowest BCUT2D eigenvalue weighted by Gasteiger charge is -2.27. The molecule has 1 aliphatic rings. The van der Waals surface area contributed by atoms with Gasteiger partial charge in [0.1, 0.15) is 11.5 Å². The van der Waals surface area contributed by atoms with Crippen LogP contribution in [0.25, 0.3) is 5.76 Å². The summed E-state index contributed by atoms with van der Waals surface area (Å²) in [4.78, 5) is 28.5.